The predicted octanol–water partition coefficient (Wildman–Crippen LogP) is 5.69. The van der Waals surface area contributed by atoms with Crippen LogP contribution < -0.4 is 5.32 Å². The van der Waals surface area contributed by atoms with Gasteiger partial charge in [-0.1, -0.05) is 31.2 Å². The van der Waals surface area contributed by atoms with Crippen molar-refractivity contribution in [3.05, 3.63) is 62.0 Å². The van der Waals surface area contributed by atoms with Gasteiger partial charge < -0.3 is 5.32 Å². The lowest BCUT2D eigenvalue weighted by atomic mass is 10.1. The van der Waals surface area contributed by atoms with Gasteiger partial charge in [-0.3, -0.25) is 0 Å². The molecule has 0 aliphatic carbocycles. The molecule has 0 aliphatic heterocycles. The fraction of sp³-hybridized carbons (Fsp3) is 0.250. The van der Waals surface area contributed by atoms with E-state index in [0.29, 0.717) is 0 Å². The SMILES string of the molecule is CCc1ccccc1CNc1c(Br)cc(C)cc1Br. The van der Waals surface area contributed by atoms with Crippen LogP contribution in [0.25, 0.3) is 0 Å². The highest BCUT2D eigenvalue weighted by Crippen LogP contribution is 2.32. The first-order chi connectivity index (χ1) is 9.11. The Kier molecular flexibility index (Phi) is 5.06. The van der Waals surface area contributed by atoms with E-state index >= 15 is 0 Å². The molecule has 0 spiro atoms. The smallest absolute Gasteiger partial charge is 0.0631 e. The molecule has 1 N–H and O–H groups in total. The Hall–Kier alpha value is -0.800. The Bertz CT molecular complexity index is 556. The normalized spacial score (nSPS) is 10.5. The molecule has 0 radical (unpaired) electrons. The molecule has 2 aromatic rings. The van der Waals surface area contributed by atoms with E-state index in [1.807, 2.05) is 0 Å². The van der Waals surface area contributed by atoms with Crippen LogP contribution in [-0.2, 0) is 13.0 Å². The number of anilines is 1. The van der Waals surface area contributed by atoms with Crippen LogP contribution in [0, 0.1) is 6.92 Å². The highest BCUT2D eigenvalue weighted by Gasteiger charge is 2.07. The van der Waals surface area contributed by atoms with Crippen LogP contribution in [0.3, 0.4) is 0 Å². The van der Waals surface area contributed by atoms with Crippen molar-refractivity contribution >= 4 is 37.5 Å². The zero-order valence-corrected chi connectivity index (χ0v) is 14.3. The van der Waals surface area contributed by atoms with Gasteiger partial charge in [-0.2, -0.15) is 0 Å². The maximum atomic E-state index is 3.61. The van der Waals surface area contributed by atoms with Crippen molar-refractivity contribution in [1.29, 1.82) is 0 Å². The minimum atomic E-state index is 0.838. The number of aryl methyl sites for hydroxylation is 2. The molecule has 0 amide bonds. The Morgan fingerprint density at radius 3 is 2.16 bits per heavy atom. The molecule has 2 aromatic carbocycles. The van der Waals surface area contributed by atoms with Gasteiger partial charge >= 0.3 is 0 Å². The van der Waals surface area contributed by atoms with E-state index in [4.69, 9.17) is 0 Å². The molecular weight excluding hydrogens is 366 g/mol. The quantitative estimate of drug-likeness (QED) is 0.715. The molecule has 0 aliphatic rings. The predicted molar refractivity (Wildman–Crippen MR) is 89.7 cm³/mol. The zero-order chi connectivity index (χ0) is 13.8. The number of rotatable bonds is 4. The first-order valence-electron chi connectivity index (χ1n) is 6.38. The van der Waals surface area contributed by atoms with E-state index < -0.39 is 0 Å². The van der Waals surface area contributed by atoms with E-state index in [-0.39, 0.29) is 0 Å². The molecule has 100 valence electrons. The van der Waals surface area contributed by atoms with Crippen LogP contribution in [0.15, 0.2) is 45.3 Å². The van der Waals surface area contributed by atoms with E-state index in [9.17, 15) is 0 Å². The lowest BCUT2D eigenvalue weighted by Gasteiger charge is -2.14. The lowest BCUT2D eigenvalue weighted by Crippen LogP contribution is -2.03. The number of nitrogens with one attached hydrogen (secondary N) is 1. The van der Waals surface area contributed by atoms with Crippen LogP contribution in [0.2, 0.25) is 0 Å². The molecule has 3 heteroatoms. The van der Waals surface area contributed by atoms with Crippen LogP contribution >= 0.6 is 31.9 Å². The molecule has 0 unspecified atom stereocenters. The topological polar surface area (TPSA) is 12.0 Å². The number of halogens is 2. The summed E-state index contributed by atoms with van der Waals surface area (Å²) in [6.07, 6.45) is 1.06. The maximum absolute atomic E-state index is 3.61. The van der Waals surface area contributed by atoms with Crippen LogP contribution in [0.4, 0.5) is 5.69 Å². The first kappa shape index (κ1) is 14.6. The summed E-state index contributed by atoms with van der Waals surface area (Å²) in [6.45, 7) is 5.12. The Balaban J connectivity index is 2.19. The summed E-state index contributed by atoms with van der Waals surface area (Å²) in [4.78, 5) is 0. The molecule has 0 saturated heterocycles. The van der Waals surface area contributed by atoms with Gasteiger partial charge in [0.15, 0.2) is 0 Å². The highest BCUT2D eigenvalue weighted by molar-refractivity contribution is 9.11. The molecule has 0 aromatic heterocycles. The van der Waals surface area contributed by atoms with Crippen molar-refractivity contribution in [3.8, 4) is 0 Å². The third-order valence-corrected chi connectivity index (χ3v) is 4.39. The average molecular weight is 383 g/mol. The number of benzene rings is 2. The van der Waals surface area contributed by atoms with Gasteiger partial charge in [0.05, 0.1) is 5.69 Å². The Morgan fingerprint density at radius 1 is 1.00 bits per heavy atom. The number of hydrogen-bond donors (Lipinski definition) is 1. The van der Waals surface area contributed by atoms with Crippen LogP contribution in [0.1, 0.15) is 23.6 Å². The van der Waals surface area contributed by atoms with Gasteiger partial charge in [0, 0.05) is 15.5 Å². The van der Waals surface area contributed by atoms with Gasteiger partial charge in [-0.15, -0.1) is 0 Å². The number of hydrogen-bond acceptors (Lipinski definition) is 1. The van der Waals surface area contributed by atoms with Crippen molar-refractivity contribution in [2.24, 2.45) is 0 Å². The van der Waals surface area contributed by atoms with E-state index in [1.165, 1.54) is 16.7 Å². The zero-order valence-electron chi connectivity index (χ0n) is 11.1. The van der Waals surface area contributed by atoms with E-state index in [2.05, 4.69) is 87.4 Å². The van der Waals surface area contributed by atoms with Crippen molar-refractivity contribution in [1.82, 2.24) is 0 Å². The molecule has 0 heterocycles. The second-order valence-corrected chi connectivity index (χ2v) is 6.29. The molecule has 0 fully saturated rings. The summed E-state index contributed by atoms with van der Waals surface area (Å²) >= 11 is 7.23. The summed E-state index contributed by atoms with van der Waals surface area (Å²) in [5.74, 6) is 0. The van der Waals surface area contributed by atoms with Gasteiger partial charge in [0.25, 0.3) is 0 Å². The molecule has 1 nitrogen and oxygen atoms in total. The molecule has 0 bridgehead atoms. The van der Waals surface area contributed by atoms with E-state index in [1.54, 1.807) is 0 Å². The highest BCUT2D eigenvalue weighted by atomic mass is 79.9. The summed E-state index contributed by atoms with van der Waals surface area (Å²) in [7, 11) is 0. The molecular formula is C16H17Br2N. The second-order valence-electron chi connectivity index (χ2n) is 4.58. The maximum Gasteiger partial charge on any atom is 0.0631 e. The minimum absolute atomic E-state index is 0.838. The first-order valence-corrected chi connectivity index (χ1v) is 7.96. The van der Waals surface area contributed by atoms with Crippen molar-refractivity contribution in [2.75, 3.05) is 5.32 Å². The van der Waals surface area contributed by atoms with Crippen LogP contribution in [-0.4, -0.2) is 0 Å². The fourth-order valence-corrected chi connectivity index (χ4v) is 3.82. The molecule has 0 saturated carbocycles. The van der Waals surface area contributed by atoms with Gasteiger partial charge in [0.2, 0.25) is 0 Å². The average Bonchev–Trinajstić information content (AvgIpc) is 2.38. The third kappa shape index (κ3) is 3.61. The summed E-state index contributed by atoms with van der Waals surface area (Å²) in [5.41, 5.74) is 5.09. The minimum Gasteiger partial charge on any atom is -0.379 e. The monoisotopic (exact) mass is 381 g/mol. The lowest BCUT2D eigenvalue weighted by molar-refractivity contribution is 1.04. The van der Waals surface area contributed by atoms with Gasteiger partial charge in [0.1, 0.15) is 0 Å². The van der Waals surface area contributed by atoms with Gasteiger partial charge in [-0.05, 0) is 74.0 Å². The Labute approximate surface area is 131 Å². The van der Waals surface area contributed by atoms with Crippen LogP contribution in [0.5, 0.6) is 0 Å². The van der Waals surface area contributed by atoms with Crippen molar-refractivity contribution in [2.45, 2.75) is 26.8 Å². The third-order valence-electron chi connectivity index (χ3n) is 3.14. The summed E-state index contributed by atoms with van der Waals surface area (Å²) < 4.78 is 2.18. The summed E-state index contributed by atoms with van der Waals surface area (Å²) in [5, 5.41) is 3.51. The largest absolute Gasteiger partial charge is 0.379 e. The van der Waals surface area contributed by atoms with Crippen molar-refractivity contribution in [3.63, 3.8) is 0 Å². The summed E-state index contributed by atoms with van der Waals surface area (Å²) in [6, 6.07) is 12.8. The molecule has 19 heavy (non-hydrogen) atoms. The molecule has 0 atom stereocenters. The van der Waals surface area contributed by atoms with Gasteiger partial charge in [-0.25, -0.2) is 0 Å². The second kappa shape index (κ2) is 6.58. The van der Waals surface area contributed by atoms with E-state index in [0.717, 1.165) is 27.6 Å². The molecule has 2 rings (SSSR count). The Morgan fingerprint density at radius 2 is 1.58 bits per heavy atom. The standard InChI is InChI=1S/C16H17Br2N/c1-3-12-6-4-5-7-13(12)10-19-16-14(17)8-11(2)9-15(16)18/h4-9,19H,3,10H2,1-2H3. The van der Waals surface area contributed by atoms with Crippen molar-refractivity contribution < 1.29 is 0 Å². The fourth-order valence-electron chi connectivity index (χ4n) is 2.13.